The topological polar surface area (TPSA) is 28.2 Å². The lowest BCUT2D eigenvalue weighted by atomic mass is 9.93. The highest BCUT2D eigenvalue weighted by molar-refractivity contribution is 7.09. The summed E-state index contributed by atoms with van der Waals surface area (Å²) in [5.74, 6) is 0. The molecule has 1 N–H and O–H groups in total. The summed E-state index contributed by atoms with van der Waals surface area (Å²) in [5.41, 5.74) is 1.41. The highest BCUT2D eigenvalue weighted by Crippen LogP contribution is 2.31. The zero-order valence-corrected chi connectivity index (χ0v) is 14.7. The number of fused-ring (bicyclic) bond motifs is 2. The highest BCUT2D eigenvalue weighted by Gasteiger charge is 2.35. The number of nitrogens with one attached hydrogen (secondary N) is 1. The molecule has 3 heterocycles. The predicted octanol–water partition coefficient (Wildman–Crippen LogP) is 3.55. The summed E-state index contributed by atoms with van der Waals surface area (Å²) in [6.45, 7) is 11.2. The smallest absolute Gasteiger partial charge is 0.107 e. The van der Waals surface area contributed by atoms with Crippen molar-refractivity contribution in [2.45, 2.75) is 83.5 Å². The van der Waals surface area contributed by atoms with Gasteiger partial charge in [0.25, 0.3) is 0 Å². The van der Waals surface area contributed by atoms with Gasteiger partial charge in [-0.15, -0.1) is 11.3 Å². The van der Waals surface area contributed by atoms with Crippen LogP contribution in [-0.4, -0.2) is 34.6 Å². The number of nitrogens with zero attached hydrogens (tertiary/aromatic N) is 2. The first-order valence-corrected chi connectivity index (χ1v) is 9.28. The van der Waals surface area contributed by atoms with Gasteiger partial charge in [0, 0.05) is 28.9 Å². The molecule has 1 aromatic heterocycles. The number of piperidine rings is 1. The van der Waals surface area contributed by atoms with E-state index in [0.29, 0.717) is 0 Å². The standard InChI is InChI=1S/C17H29N3S/c1-5-20(14-8-12-6-7-13(9-14)18-12)10-16-19-15(11-21-16)17(2,3)4/h11-14,18H,5-10H2,1-4H3. The molecule has 2 aliphatic heterocycles. The second kappa shape index (κ2) is 5.98. The number of thiazole rings is 1. The van der Waals surface area contributed by atoms with Crippen LogP contribution >= 0.6 is 11.3 Å². The lowest BCUT2D eigenvalue weighted by molar-refractivity contribution is 0.140. The Hall–Kier alpha value is -0.450. The third-order valence-corrected chi connectivity index (χ3v) is 5.86. The summed E-state index contributed by atoms with van der Waals surface area (Å²) in [6.07, 6.45) is 5.40. The molecule has 2 aliphatic rings. The molecule has 21 heavy (non-hydrogen) atoms. The van der Waals surface area contributed by atoms with E-state index >= 15 is 0 Å². The van der Waals surface area contributed by atoms with Crippen LogP contribution in [0.15, 0.2) is 5.38 Å². The summed E-state index contributed by atoms with van der Waals surface area (Å²) in [4.78, 5) is 7.53. The van der Waals surface area contributed by atoms with Gasteiger partial charge in [0.1, 0.15) is 5.01 Å². The van der Waals surface area contributed by atoms with Crippen LogP contribution in [0.25, 0.3) is 0 Å². The van der Waals surface area contributed by atoms with Crippen molar-refractivity contribution in [2.24, 2.45) is 0 Å². The highest BCUT2D eigenvalue weighted by atomic mass is 32.1. The molecule has 3 rings (SSSR count). The van der Waals surface area contributed by atoms with E-state index in [1.54, 1.807) is 0 Å². The van der Waals surface area contributed by atoms with Crippen LogP contribution in [0.5, 0.6) is 0 Å². The Morgan fingerprint density at radius 1 is 1.29 bits per heavy atom. The number of hydrogen-bond donors (Lipinski definition) is 1. The molecular weight excluding hydrogens is 278 g/mol. The zero-order valence-electron chi connectivity index (χ0n) is 13.9. The van der Waals surface area contributed by atoms with Crippen LogP contribution < -0.4 is 5.32 Å². The van der Waals surface area contributed by atoms with E-state index in [4.69, 9.17) is 4.98 Å². The molecule has 0 amide bonds. The van der Waals surface area contributed by atoms with Gasteiger partial charge in [-0.3, -0.25) is 4.90 Å². The second-order valence-corrected chi connectivity index (χ2v) is 8.65. The van der Waals surface area contributed by atoms with Crippen molar-refractivity contribution >= 4 is 11.3 Å². The molecule has 4 heteroatoms. The van der Waals surface area contributed by atoms with Gasteiger partial charge in [0.15, 0.2) is 0 Å². The van der Waals surface area contributed by atoms with E-state index in [1.807, 2.05) is 11.3 Å². The fourth-order valence-corrected chi connectivity index (χ4v) is 4.77. The van der Waals surface area contributed by atoms with E-state index < -0.39 is 0 Å². The normalized spacial score (nSPS) is 29.3. The number of hydrogen-bond acceptors (Lipinski definition) is 4. The largest absolute Gasteiger partial charge is 0.311 e. The zero-order chi connectivity index (χ0) is 15.0. The van der Waals surface area contributed by atoms with E-state index in [0.717, 1.165) is 31.2 Å². The SMILES string of the molecule is CCN(Cc1nc(C(C)(C)C)cs1)C1CC2CCC(C1)N2. The maximum Gasteiger partial charge on any atom is 0.107 e. The molecule has 2 bridgehead atoms. The molecular formula is C17H29N3S. The van der Waals surface area contributed by atoms with E-state index in [9.17, 15) is 0 Å². The van der Waals surface area contributed by atoms with E-state index in [-0.39, 0.29) is 5.41 Å². The summed E-state index contributed by atoms with van der Waals surface area (Å²) < 4.78 is 0. The summed E-state index contributed by atoms with van der Waals surface area (Å²) >= 11 is 1.83. The van der Waals surface area contributed by atoms with Crippen LogP contribution in [0, 0.1) is 0 Å². The second-order valence-electron chi connectivity index (χ2n) is 7.70. The van der Waals surface area contributed by atoms with Crippen LogP contribution in [0.4, 0.5) is 0 Å². The summed E-state index contributed by atoms with van der Waals surface area (Å²) in [7, 11) is 0. The minimum absolute atomic E-state index is 0.166. The number of aromatic nitrogens is 1. The Morgan fingerprint density at radius 2 is 1.95 bits per heavy atom. The quantitative estimate of drug-likeness (QED) is 0.922. The molecule has 0 saturated carbocycles. The van der Waals surface area contributed by atoms with Crippen molar-refractivity contribution in [2.75, 3.05) is 6.54 Å². The molecule has 0 radical (unpaired) electrons. The molecule has 2 unspecified atom stereocenters. The van der Waals surface area contributed by atoms with Gasteiger partial charge in [0.2, 0.25) is 0 Å². The Kier molecular flexibility index (Phi) is 4.40. The van der Waals surface area contributed by atoms with E-state index in [2.05, 4.69) is 43.3 Å². The van der Waals surface area contributed by atoms with Gasteiger partial charge in [-0.1, -0.05) is 27.7 Å². The predicted molar refractivity (Wildman–Crippen MR) is 89.9 cm³/mol. The molecule has 0 spiro atoms. The van der Waals surface area contributed by atoms with Crippen molar-refractivity contribution in [1.82, 2.24) is 15.2 Å². The maximum absolute atomic E-state index is 4.88. The van der Waals surface area contributed by atoms with E-state index in [1.165, 1.54) is 36.4 Å². The molecule has 2 atom stereocenters. The first kappa shape index (κ1) is 15.4. The molecule has 118 valence electrons. The first-order chi connectivity index (χ1) is 9.95. The summed E-state index contributed by atoms with van der Waals surface area (Å²) in [5, 5.41) is 7.28. The minimum atomic E-state index is 0.166. The molecule has 2 fully saturated rings. The Balaban J connectivity index is 1.66. The lowest BCUT2D eigenvalue weighted by Gasteiger charge is -2.36. The maximum atomic E-state index is 4.88. The molecule has 0 aromatic carbocycles. The van der Waals surface area contributed by atoms with Gasteiger partial charge in [0.05, 0.1) is 12.2 Å². The average molecular weight is 308 g/mol. The Bertz CT molecular complexity index is 465. The average Bonchev–Trinajstić information content (AvgIpc) is 3.02. The fraction of sp³-hybridized carbons (Fsp3) is 0.824. The van der Waals surface area contributed by atoms with Crippen molar-refractivity contribution in [3.05, 3.63) is 16.1 Å². The lowest BCUT2D eigenvalue weighted by Crippen LogP contribution is -2.47. The van der Waals surface area contributed by atoms with Crippen molar-refractivity contribution < 1.29 is 0 Å². The fourth-order valence-electron chi connectivity index (χ4n) is 3.73. The van der Waals surface area contributed by atoms with Gasteiger partial charge in [-0.05, 0) is 32.2 Å². The third-order valence-electron chi connectivity index (χ3n) is 5.03. The Labute approximate surface area is 133 Å². The molecule has 0 aliphatic carbocycles. The van der Waals surface area contributed by atoms with Crippen LogP contribution in [-0.2, 0) is 12.0 Å². The monoisotopic (exact) mass is 307 g/mol. The van der Waals surface area contributed by atoms with Crippen LogP contribution in [0.1, 0.15) is 64.1 Å². The molecule has 3 nitrogen and oxygen atoms in total. The third kappa shape index (κ3) is 3.49. The first-order valence-electron chi connectivity index (χ1n) is 8.40. The van der Waals surface area contributed by atoms with Gasteiger partial charge < -0.3 is 5.32 Å². The van der Waals surface area contributed by atoms with Crippen molar-refractivity contribution in [1.29, 1.82) is 0 Å². The van der Waals surface area contributed by atoms with Gasteiger partial charge in [-0.25, -0.2) is 4.98 Å². The van der Waals surface area contributed by atoms with Crippen molar-refractivity contribution in [3.8, 4) is 0 Å². The van der Waals surface area contributed by atoms with Gasteiger partial charge in [-0.2, -0.15) is 0 Å². The Morgan fingerprint density at radius 3 is 2.48 bits per heavy atom. The van der Waals surface area contributed by atoms with Crippen LogP contribution in [0.3, 0.4) is 0 Å². The van der Waals surface area contributed by atoms with Crippen LogP contribution in [0.2, 0.25) is 0 Å². The minimum Gasteiger partial charge on any atom is -0.311 e. The molecule has 1 aromatic rings. The summed E-state index contributed by atoms with van der Waals surface area (Å²) in [6, 6.07) is 2.28. The van der Waals surface area contributed by atoms with Crippen molar-refractivity contribution in [3.63, 3.8) is 0 Å². The number of rotatable bonds is 4. The molecule has 2 saturated heterocycles. The van der Waals surface area contributed by atoms with Gasteiger partial charge >= 0.3 is 0 Å².